The second kappa shape index (κ2) is 102. The fourth-order valence-corrected chi connectivity index (χ4v) is 16.5. The Kier molecular flexibility index (Phi) is 98.5. The van der Waals surface area contributed by atoms with Crippen molar-refractivity contribution in [3.05, 3.63) is 72.9 Å². The molecule has 0 aliphatic carbocycles. The van der Waals surface area contributed by atoms with Gasteiger partial charge in [-0.2, -0.15) is 0 Å². The summed E-state index contributed by atoms with van der Waals surface area (Å²) in [4.78, 5) is 87.4. The van der Waals surface area contributed by atoms with Crippen molar-refractivity contribution in [2.24, 2.45) is 0 Å². The van der Waals surface area contributed by atoms with E-state index in [-0.39, 0.29) is 38.5 Å². The lowest BCUT2D eigenvalue weighted by molar-refractivity contribution is -0.209. The zero-order valence-electron chi connectivity index (χ0n) is 83.9. The highest BCUT2D eigenvalue weighted by molar-refractivity contribution is 5.73. The standard InChI is InChI=1S/C114H206O12/c1-7-13-19-25-31-37-43-49-55-61-67-73-79-85-91-97-107(115)121-103-105(123-109(117)99-93-87-81-75-69-63-57-51-45-39-33-27-21-15-9-3)113(125-111(119)101-95-89-83-77-71-65-59-53-47-41-35-29-23-17-11-5)114(126-112(120)102-96-90-84-78-72-66-60-54-48-42-36-30-24-18-12-6)106(124-110(118)100-94-88-82-76-70-64-58-52-46-40-34-28-22-16-10-4)104-122-108(116)98-92-86-80-74-68-62-56-50-44-38-32-26-20-14-8-2/h49-60,105-106,113-114H,7-48,61-104H2,1-6H3/t105-,106+,113-,114-/m1/s1. The van der Waals surface area contributed by atoms with Gasteiger partial charge in [0.1, 0.15) is 13.2 Å². The topological polar surface area (TPSA) is 158 Å². The maximum absolute atomic E-state index is 14.9. The second-order valence-electron chi connectivity index (χ2n) is 37.3. The summed E-state index contributed by atoms with van der Waals surface area (Å²) in [6, 6.07) is 0. The number of esters is 6. The van der Waals surface area contributed by atoms with E-state index in [1.54, 1.807) is 0 Å². The molecule has 0 saturated heterocycles. The van der Waals surface area contributed by atoms with Gasteiger partial charge in [0.05, 0.1) is 0 Å². The third-order valence-electron chi connectivity index (χ3n) is 24.8. The highest BCUT2D eigenvalue weighted by Gasteiger charge is 2.46. The molecule has 0 aliphatic heterocycles. The molecular formula is C114H206O12. The Morgan fingerprint density at radius 1 is 0.159 bits per heavy atom. The Hall–Kier alpha value is -4.74. The molecule has 0 aromatic carbocycles. The zero-order chi connectivity index (χ0) is 91.3. The summed E-state index contributed by atoms with van der Waals surface area (Å²) in [5.41, 5.74) is 0. The van der Waals surface area contributed by atoms with Crippen molar-refractivity contribution in [3.63, 3.8) is 0 Å². The minimum atomic E-state index is -1.63. The van der Waals surface area contributed by atoms with Crippen molar-refractivity contribution in [2.45, 2.75) is 605 Å². The number of ether oxygens (including phenoxy) is 6. The molecule has 0 aromatic rings. The SMILES string of the molecule is CCCCCCCCC=CCCCCCCCC(=O)OC[C@H](OC(=O)CCCCCCCC=CCCCCCCCC)[C@@H](OC(=O)CCCCCCCC=CCCCCCCCC)[C@H](OC(=O)CCCCCCCC=CCCCCCCCC)[C@@H](COC(=O)CCCCCCCC=CCCCCCCCC)OC(=O)CCCCCCCC=CCCCCCCCC. The molecule has 0 rings (SSSR count). The van der Waals surface area contributed by atoms with Crippen molar-refractivity contribution >= 4 is 35.8 Å². The van der Waals surface area contributed by atoms with Crippen LogP contribution in [0.1, 0.15) is 581 Å². The van der Waals surface area contributed by atoms with E-state index in [0.29, 0.717) is 38.5 Å². The normalized spacial score (nSPS) is 12.9. The number of carbonyl (C=O) groups is 6. The second-order valence-corrected chi connectivity index (χ2v) is 37.3. The van der Waals surface area contributed by atoms with Crippen LogP contribution >= 0.6 is 0 Å². The van der Waals surface area contributed by atoms with Gasteiger partial charge in [0.25, 0.3) is 0 Å². The summed E-state index contributed by atoms with van der Waals surface area (Å²) >= 11 is 0. The van der Waals surface area contributed by atoms with Crippen molar-refractivity contribution in [2.75, 3.05) is 13.2 Å². The smallest absolute Gasteiger partial charge is 0.306 e. The average molecular weight is 1770 g/mol. The van der Waals surface area contributed by atoms with Crippen LogP contribution < -0.4 is 0 Å². The van der Waals surface area contributed by atoms with Crippen LogP contribution in [0.5, 0.6) is 0 Å². The Labute approximate surface area is 779 Å². The van der Waals surface area contributed by atoms with Crippen LogP contribution in [0.3, 0.4) is 0 Å². The van der Waals surface area contributed by atoms with Crippen LogP contribution in [0.15, 0.2) is 72.9 Å². The number of allylic oxidation sites excluding steroid dienone is 12. The number of hydrogen-bond acceptors (Lipinski definition) is 12. The molecule has 12 heteroatoms. The van der Waals surface area contributed by atoms with Gasteiger partial charge in [0, 0.05) is 38.5 Å². The van der Waals surface area contributed by atoms with Crippen LogP contribution in [0.25, 0.3) is 0 Å². The van der Waals surface area contributed by atoms with Gasteiger partial charge in [-0.3, -0.25) is 28.8 Å². The highest BCUT2D eigenvalue weighted by Crippen LogP contribution is 2.27. The van der Waals surface area contributed by atoms with Gasteiger partial charge in [0.15, 0.2) is 24.4 Å². The van der Waals surface area contributed by atoms with Gasteiger partial charge in [-0.15, -0.1) is 0 Å². The number of carbonyl (C=O) groups excluding carboxylic acids is 6. The lowest BCUT2D eigenvalue weighted by Gasteiger charge is -2.36. The molecule has 0 heterocycles. The zero-order valence-corrected chi connectivity index (χ0v) is 83.9. The third-order valence-corrected chi connectivity index (χ3v) is 24.8. The van der Waals surface area contributed by atoms with E-state index in [0.717, 1.165) is 231 Å². The molecule has 0 amide bonds. The van der Waals surface area contributed by atoms with E-state index in [4.69, 9.17) is 28.4 Å². The molecule has 0 spiro atoms. The van der Waals surface area contributed by atoms with Crippen LogP contribution in [0, 0.1) is 0 Å². The molecule has 0 bridgehead atoms. The maximum Gasteiger partial charge on any atom is 0.306 e. The molecule has 4 atom stereocenters. The van der Waals surface area contributed by atoms with E-state index < -0.39 is 73.4 Å². The Bertz CT molecular complexity index is 2360. The van der Waals surface area contributed by atoms with Crippen molar-refractivity contribution in [1.82, 2.24) is 0 Å². The summed E-state index contributed by atoms with van der Waals surface area (Å²) in [5, 5.41) is 0. The first-order valence-corrected chi connectivity index (χ1v) is 55.0. The predicted molar refractivity (Wildman–Crippen MR) is 538 cm³/mol. The first kappa shape index (κ1) is 121. The fourth-order valence-electron chi connectivity index (χ4n) is 16.5. The fraction of sp³-hybridized carbons (Fsp3) is 0.842. The summed E-state index contributed by atoms with van der Waals surface area (Å²) in [5.74, 6) is -3.37. The average Bonchev–Trinajstić information content (AvgIpc) is 0.821. The number of unbranched alkanes of at least 4 members (excludes halogenated alkanes) is 66. The van der Waals surface area contributed by atoms with Gasteiger partial charge in [-0.1, -0.05) is 423 Å². The van der Waals surface area contributed by atoms with E-state index in [1.165, 1.54) is 231 Å². The molecule has 0 N–H and O–H groups in total. The van der Waals surface area contributed by atoms with Gasteiger partial charge in [-0.25, -0.2) is 0 Å². The van der Waals surface area contributed by atoms with E-state index >= 15 is 0 Å². The molecule has 0 saturated carbocycles. The molecule has 734 valence electrons. The quantitative estimate of drug-likeness (QED) is 0.0246. The Morgan fingerprint density at radius 2 is 0.286 bits per heavy atom. The molecule has 0 aromatic heterocycles. The minimum Gasteiger partial charge on any atom is -0.462 e. The third kappa shape index (κ3) is 91.2. The predicted octanol–water partition coefficient (Wildman–Crippen LogP) is 35.9. The molecule has 0 fully saturated rings. The molecule has 0 aliphatic rings. The van der Waals surface area contributed by atoms with Crippen LogP contribution in [-0.4, -0.2) is 73.4 Å². The van der Waals surface area contributed by atoms with Crippen LogP contribution in [-0.2, 0) is 57.2 Å². The maximum atomic E-state index is 14.9. The molecule has 126 heavy (non-hydrogen) atoms. The largest absolute Gasteiger partial charge is 0.462 e. The van der Waals surface area contributed by atoms with Crippen molar-refractivity contribution < 1.29 is 57.2 Å². The molecule has 12 nitrogen and oxygen atoms in total. The summed E-state index contributed by atoms with van der Waals surface area (Å²) in [6.45, 7) is 12.5. The molecular weight excluding hydrogens is 1560 g/mol. The van der Waals surface area contributed by atoms with E-state index in [9.17, 15) is 28.8 Å². The summed E-state index contributed by atoms with van der Waals surface area (Å²) < 4.78 is 38.7. The minimum absolute atomic E-state index is 0.0139. The van der Waals surface area contributed by atoms with E-state index in [1.807, 2.05) is 0 Å². The lowest BCUT2D eigenvalue weighted by Crippen LogP contribution is -2.54. The van der Waals surface area contributed by atoms with Gasteiger partial charge in [0.2, 0.25) is 0 Å². The Balaban J connectivity index is 7.56. The monoisotopic (exact) mass is 1770 g/mol. The van der Waals surface area contributed by atoms with E-state index in [2.05, 4.69) is 114 Å². The first-order chi connectivity index (χ1) is 62.1. The van der Waals surface area contributed by atoms with Crippen molar-refractivity contribution in [1.29, 1.82) is 0 Å². The number of hydrogen-bond donors (Lipinski definition) is 0. The Morgan fingerprint density at radius 3 is 0.444 bits per heavy atom. The lowest BCUT2D eigenvalue weighted by atomic mass is 10.0. The first-order valence-electron chi connectivity index (χ1n) is 55.0. The highest BCUT2D eigenvalue weighted by atomic mass is 16.6. The molecule has 0 radical (unpaired) electrons. The van der Waals surface area contributed by atoms with Gasteiger partial charge in [-0.05, 0) is 193 Å². The van der Waals surface area contributed by atoms with Gasteiger partial charge < -0.3 is 28.4 Å². The van der Waals surface area contributed by atoms with Crippen molar-refractivity contribution in [3.8, 4) is 0 Å². The summed E-state index contributed by atoms with van der Waals surface area (Å²) in [6.07, 6.45) is 108. The van der Waals surface area contributed by atoms with Gasteiger partial charge >= 0.3 is 35.8 Å². The summed E-state index contributed by atoms with van der Waals surface area (Å²) in [7, 11) is 0. The van der Waals surface area contributed by atoms with Crippen LogP contribution in [0.2, 0.25) is 0 Å². The molecule has 0 unspecified atom stereocenters. The van der Waals surface area contributed by atoms with Crippen LogP contribution in [0.4, 0.5) is 0 Å². The number of rotatable bonds is 101.